The van der Waals surface area contributed by atoms with E-state index in [0.717, 1.165) is 24.0 Å². The topological polar surface area (TPSA) is 52.6 Å². The highest BCUT2D eigenvalue weighted by Gasteiger charge is 2.29. The molecule has 4 heteroatoms. The van der Waals surface area contributed by atoms with E-state index >= 15 is 0 Å². The number of hydrogen-bond donors (Lipinski definition) is 0. The number of aryl methyl sites for hydroxylation is 1. The van der Waals surface area contributed by atoms with Crippen molar-refractivity contribution < 1.29 is 19.1 Å². The molecule has 1 aliphatic carbocycles. The van der Waals surface area contributed by atoms with Crippen LogP contribution in [0, 0.1) is 12.8 Å². The van der Waals surface area contributed by atoms with Crippen LogP contribution in [0.15, 0.2) is 72.8 Å². The highest BCUT2D eigenvalue weighted by atomic mass is 16.6. The molecule has 0 radical (unpaired) electrons. The third kappa shape index (κ3) is 6.30. The van der Waals surface area contributed by atoms with Crippen molar-refractivity contribution in [3.05, 3.63) is 78.4 Å². The average Bonchev–Trinajstić information content (AvgIpc) is 3.60. The maximum absolute atomic E-state index is 11.3. The Labute approximate surface area is 189 Å². The number of carbonyl (C=O) groups is 2. The molecule has 166 valence electrons. The molecule has 0 amide bonds. The van der Waals surface area contributed by atoms with Gasteiger partial charge in [-0.05, 0) is 85.0 Å². The molecule has 0 unspecified atom stereocenters. The van der Waals surface area contributed by atoms with Gasteiger partial charge in [-0.3, -0.25) is 4.79 Å². The minimum Gasteiger partial charge on any atom is -0.490 e. The standard InChI is InChI=1S/C21H20O3.C7H10O/c1-14(2)21(22)24-9-8-23-20-7-6-17-11-18-10-15(3)4-5-16(18)12-19(17)13-20;1-5(2)7(8)6-3-4-6/h4-7,10-13H,1,8-9H2,2-3H3;6H,1,3-4H2,2H3. The van der Waals surface area contributed by atoms with Crippen LogP contribution in [0.1, 0.15) is 32.3 Å². The Morgan fingerprint density at radius 3 is 2.03 bits per heavy atom. The lowest BCUT2D eigenvalue weighted by atomic mass is 10.0. The molecule has 0 spiro atoms. The number of benzene rings is 3. The number of ketones is 1. The fraction of sp³-hybridized carbons (Fsp3) is 0.286. The molecule has 1 aliphatic rings. The lowest BCUT2D eigenvalue weighted by Crippen LogP contribution is -2.12. The molecule has 0 atom stereocenters. The predicted molar refractivity (Wildman–Crippen MR) is 130 cm³/mol. The summed E-state index contributed by atoms with van der Waals surface area (Å²) in [7, 11) is 0. The summed E-state index contributed by atoms with van der Waals surface area (Å²) < 4.78 is 10.7. The lowest BCUT2D eigenvalue weighted by molar-refractivity contribution is -0.139. The van der Waals surface area contributed by atoms with Crippen molar-refractivity contribution in [1.82, 2.24) is 0 Å². The molecule has 0 heterocycles. The van der Waals surface area contributed by atoms with Crippen LogP contribution in [0.2, 0.25) is 0 Å². The third-order valence-corrected chi connectivity index (χ3v) is 5.23. The van der Waals surface area contributed by atoms with Crippen molar-refractivity contribution in [2.45, 2.75) is 33.6 Å². The first-order chi connectivity index (χ1) is 15.2. The molecule has 4 rings (SSSR count). The Morgan fingerprint density at radius 1 is 0.844 bits per heavy atom. The quantitative estimate of drug-likeness (QED) is 0.190. The zero-order valence-corrected chi connectivity index (χ0v) is 19.1. The molecule has 3 aromatic carbocycles. The van der Waals surface area contributed by atoms with Gasteiger partial charge in [0.25, 0.3) is 0 Å². The van der Waals surface area contributed by atoms with Crippen LogP contribution in [-0.2, 0) is 14.3 Å². The number of hydrogen-bond acceptors (Lipinski definition) is 4. The zero-order chi connectivity index (χ0) is 23.3. The van der Waals surface area contributed by atoms with Gasteiger partial charge in [0.15, 0.2) is 5.78 Å². The Hall–Kier alpha value is -3.40. The van der Waals surface area contributed by atoms with E-state index in [1.807, 2.05) is 18.2 Å². The summed E-state index contributed by atoms with van der Waals surface area (Å²) in [4.78, 5) is 22.1. The summed E-state index contributed by atoms with van der Waals surface area (Å²) >= 11 is 0. The van der Waals surface area contributed by atoms with Gasteiger partial charge in [0, 0.05) is 11.5 Å². The molecule has 0 aliphatic heterocycles. The van der Waals surface area contributed by atoms with Crippen LogP contribution in [0.25, 0.3) is 21.5 Å². The van der Waals surface area contributed by atoms with E-state index in [2.05, 4.69) is 50.4 Å². The summed E-state index contributed by atoms with van der Waals surface area (Å²) in [5.41, 5.74) is 2.36. The Balaban J connectivity index is 0.000000305. The molecule has 32 heavy (non-hydrogen) atoms. The van der Waals surface area contributed by atoms with Crippen LogP contribution in [0.3, 0.4) is 0 Å². The highest BCUT2D eigenvalue weighted by molar-refractivity contribution is 5.99. The summed E-state index contributed by atoms with van der Waals surface area (Å²) in [6.07, 6.45) is 2.18. The molecule has 3 aromatic rings. The third-order valence-electron chi connectivity index (χ3n) is 5.23. The summed E-state index contributed by atoms with van der Waals surface area (Å²) in [6, 6.07) is 16.8. The molecule has 4 nitrogen and oxygen atoms in total. The Morgan fingerprint density at radius 2 is 1.47 bits per heavy atom. The average molecular weight is 431 g/mol. The van der Waals surface area contributed by atoms with Crippen molar-refractivity contribution in [3.63, 3.8) is 0 Å². The molecule has 1 saturated carbocycles. The van der Waals surface area contributed by atoms with Gasteiger partial charge in [-0.2, -0.15) is 0 Å². The number of esters is 1. The van der Waals surface area contributed by atoms with Gasteiger partial charge in [-0.25, -0.2) is 4.79 Å². The van der Waals surface area contributed by atoms with Gasteiger partial charge in [-0.15, -0.1) is 0 Å². The van der Waals surface area contributed by atoms with Gasteiger partial charge in [0.2, 0.25) is 0 Å². The highest BCUT2D eigenvalue weighted by Crippen LogP contribution is 2.31. The number of allylic oxidation sites excluding steroid dienone is 1. The molecule has 0 aromatic heterocycles. The van der Waals surface area contributed by atoms with Crippen molar-refractivity contribution in [1.29, 1.82) is 0 Å². The molecule has 0 bridgehead atoms. The minimum absolute atomic E-state index is 0.209. The predicted octanol–water partition coefficient (Wildman–Crippen LogP) is 6.34. The van der Waals surface area contributed by atoms with E-state index in [1.54, 1.807) is 13.8 Å². The van der Waals surface area contributed by atoms with E-state index in [9.17, 15) is 9.59 Å². The van der Waals surface area contributed by atoms with Crippen LogP contribution >= 0.6 is 0 Å². The largest absolute Gasteiger partial charge is 0.490 e. The smallest absolute Gasteiger partial charge is 0.333 e. The van der Waals surface area contributed by atoms with E-state index in [0.29, 0.717) is 23.7 Å². The lowest BCUT2D eigenvalue weighted by Gasteiger charge is -2.09. The van der Waals surface area contributed by atoms with E-state index in [1.165, 1.54) is 21.7 Å². The fourth-order valence-electron chi connectivity index (χ4n) is 3.30. The van der Waals surface area contributed by atoms with Gasteiger partial charge >= 0.3 is 5.97 Å². The number of carbonyl (C=O) groups excluding carboxylic acids is 2. The number of rotatable bonds is 7. The van der Waals surface area contributed by atoms with Crippen LogP contribution < -0.4 is 4.74 Å². The maximum Gasteiger partial charge on any atom is 0.333 e. The first-order valence-electron chi connectivity index (χ1n) is 10.8. The molecule has 1 fully saturated rings. The van der Waals surface area contributed by atoms with Crippen molar-refractivity contribution >= 4 is 33.3 Å². The fourth-order valence-corrected chi connectivity index (χ4v) is 3.30. The Bertz CT molecular complexity index is 1180. The first-order valence-corrected chi connectivity index (χ1v) is 10.8. The normalized spacial score (nSPS) is 12.6. The zero-order valence-electron chi connectivity index (χ0n) is 19.1. The van der Waals surface area contributed by atoms with Gasteiger partial charge in [-0.1, -0.05) is 43.0 Å². The number of fused-ring (bicyclic) bond motifs is 2. The van der Waals surface area contributed by atoms with Crippen molar-refractivity contribution in [2.75, 3.05) is 13.2 Å². The number of ether oxygens (including phenoxy) is 2. The number of Topliss-reactive ketones (excluding diaryl/α,β-unsaturated/α-hetero) is 1. The second-order valence-corrected chi connectivity index (χ2v) is 8.40. The molecular weight excluding hydrogens is 400 g/mol. The molecule has 0 saturated heterocycles. The van der Waals surface area contributed by atoms with Crippen molar-refractivity contribution in [3.8, 4) is 5.75 Å². The minimum atomic E-state index is -0.390. The summed E-state index contributed by atoms with van der Waals surface area (Å²) in [5, 5.41) is 4.75. The monoisotopic (exact) mass is 430 g/mol. The van der Waals surface area contributed by atoms with Crippen LogP contribution in [-0.4, -0.2) is 25.0 Å². The summed E-state index contributed by atoms with van der Waals surface area (Å²) in [5.74, 6) is 0.997. The van der Waals surface area contributed by atoms with Gasteiger partial charge < -0.3 is 9.47 Å². The Kier molecular flexibility index (Phi) is 7.47. The van der Waals surface area contributed by atoms with Crippen LogP contribution in [0.5, 0.6) is 5.75 Å². The van der Waals surface area contributed by atoms with E-state index < -0.39 is 0 Å². The molecule has 0 N–H and O–H groups in total. The van der Waals surface area contributed by atoms with E-state index in [4.69, 9.17) is 9.47 Å². The second kappa shape index (κ2) is 10.3. The van der Waals surface area contributed by atoms with Crippen molar-refractivity contribution in [2.24, 2.45) is 5.92 Å². The SMILES string of the molecule is C=C(C)C(=O)C1CC1.C=C(C)C(=O)OCCOc1ccc2cc3cc(C)ccc3cc2c1. The van der Waals surface area contributed by atoms with Crippen LogP contribution in [0.4, 0.5) is 0 Å². The first kappa shape index (κ1) is 23.3. The summed E-state index contributed by atoms with van der Waals surface area (Å²) in [6.45, 7) is 13.1. The second-order valence-electron chi connectivity index (χ2n) is 8.40. The van der Waals surface area contributed by atoms with Gasteiger partial charge in [0.1, 0.15) is 19.0 Å². The van der Waals surface area contributed by atoms with E-state index in [-0.39, 0.29) is 18.4 Å². The molecular formula is C28H30O4. The van der Waals surface area contributed by atoms with Gasteiger partial charge in [0.05, 0.1) is 0 Å². The maximum atomic E-state index is 11.3.